The summed E-state index contributed by atoms with van der Waals surface area (Å²) < 4.78 is 5.61. The second-order valence-corrected chi connectivity index (χ2v) is 4.85. The number of benzene rings is 1. The van der Waals surface area contributed by atoms with Crippen molar-refractivity contribution in [2.45, 2.75) is 37.4 Å². The van der Waals surface area contributed by atoms with E-state index in [1.807, 2.05) is 36.4 Å². The zero-order chi connectivity index (χ0) is 11.7. The predicted octanol–water partition coefficient (Wildman–Crippen LogP) is 2.98. The van der Waals surface area contributed by atoms with E-state index in [0.29, 0.717) is 0 Å². The van der Waals surface area contributed by atoms with Crippen molar-refractivity contribution in [3.8, 4) is 0 Å². The Morgan fingerprint density at radius 2 is 2.12 bits per heavy atom. The Kier molecular flexibility index (Phi) is 2.60. The lowest BCUT2D eigenvalue weighted by Crippen LogP contribution is -2.28. The monoisotopic (exact) mass is 228 g/mol. The highest BCUT2D eigenvalue weighted by molar-refractivity contribution is 6.02. The van der Waals surface area contributed by atoms with Gasteiger partial charge in [0.05, 0.1) is 6.10 Å². The van der Waals surface area contributed by atoms with Gasteiger partial charge < -0.3 is 4.74 Å². The average molecular weight is 228 g/mol. The molecular formula is C15H16O2. The second kappa shape index (κ2) is 4.11. The van der Waals surface area contributed by atoms with E-state index in [2.05, 4.69) is 0 Å². The average Bonchev–Trinajstić information content (AvgIpc) is 3.13. The summed E-state index contributed by atoms with van der Waals surface area (Å²) in [6.07, 6.45) is 8.01. The van der Waals surface area contributed by atoms with Crippen LogP contribution in [0.3, 0.4) is 0 Å². The van der Waals surface area contributed by atoms with Crippen molar-refractivity contribution >= 4 is 11.9 Å². The number of hydrogen-bond acceptors (Lipinski definition) is 2. The van der Waals surface area contributed by atoms with Crippen molar-refractivity contribution < 1.29 is 9.53 Å². The standard InChI is InChI=1S/C15H16O2/c16-13(10-9-12-6-2-1-3-7-12)15-11-5-4-8-14(15)17-15/h1-3,6-7,9-10,14H,4-5,8,11H2/b10-9+. The van der Waals surface area contributed by atoms with E-state index in [-0.39, 0.29) is 11.9 Å². The molecule has 0 aromatic heterocycles. The minimum atomic E-state index is -0.441. The summed E-state index contributed by atoms with van der Waals surface area (Å²) in [5.74, 6) is 0.144. The molecule has 1 heterocycles. The molecule has 17 heavy (non-hydrogen) atoms. The van der Waals surface area contributed by atoms with Crippen LogP contribution in [-0.4, -0.2) is 17.5 Å². The molecule has 2 aliphatic rings. The Bertz CT molecular complexity index is 449. The molecule has 0 amide bonds. The second-order valence-electron chi connectivity index (χ2n) is 4.85. The smallest absolute Gasteiger partial charge is 0.190 e. The summed E-state index contributed by atoms with van der Waals surface area (Å²) in [5.41, 5.74) is 0.619. The quantitative estimate of drug-likeness (QED) is 0.588. The van der Waals surface area contributed by atoms with Crippen molar-refractivity contribution in [3.05, 3.63) is 42.0 Å². The molecule has 2 fully saturated rings. The topological polar surface area (TPSA) is 29.6 Å². The molecule has 0 bridgehead atoms. The fraction of sp³-hybridized carbons (Fsp3) is 0.400. The molecule has 2 atom stereocenters. The number of ether oxygens (including phenoxy) is 1. The zero-order valence-corrected chi connectivity index (χ0v) is 9.76. The molecule has 1 aromatic carbocycles. The summed E-state index contributed by atoms with van der Waals surface area (Å²) in [6, 6.07) is 9.90. The summed E-state index contributed by atoms with van der Waals surface area (Å²) in [4.78, 5) is 12.1. The van der Waals surface area contributed by atoms with Crippen LogP contribution in [0.2, 0.25) is 0 Å². The molecule has 2 unspecified atom stereocenters. The molecule has 0 spiro atoms. The Morgan fingerprint density at radius 1 is 1.29 bits per heavy atom. The zero-order valence-electron chi connectivity index (χ0n) is 9.76. The van der Waals surface area contributed by atoms with E-state index in [9.17, 15) is 4.79 Å². The number of carbonyl (C=O) groups excluding carboxylic acids is 1. The van der Waals surface area contributed by atoms with Crippen LogP contribution in [0.5, 0.6) is 0 Å². The lowest BCUT2D eigenvalue weighted by molar-refractivity contribution is -0.119. The van der Waals surface area contributed by atoms with Crippen molar-refractivity contribution in [2.24, 2.45) is 0 Å². The Labute approximate surface area is 101 Å². The summed E-state index contributed by atoms with van der Waals surface area (Å²) >= 11 is 0. The third-order valence-electron chi connectivity index (χ3n) is 3.72. The number of carbonyl (C=O) groups is 1. The van der Waals surface area contributed by atoms with Gasteiger partial charge in [-0.3, -0.25) is 4.79 Å². The van der Waals surface area contributed by atoms with Crippen LogP contribution in [0, 0.1) is 0 Å². The van der Waals surface area contributed by atoms with E-state index < -0.39 is 5.60 Å². The van der Waals surface area contributed by atoms with Crippen molar-refractivity contribution in [3.63, 3.8) is 0 Å². The van der Waals surface area contributed by atoms with Crippen molar-refractivity contribution in [1.29, 1.82) is 0 Å². The first-order valence-electron chi connectivity index (χ1n) is 6.27. The van der Waals surface area contributed by atoms with Crippen LogP contribution in [0.4, 0.5) is 0 Å². The molecule has 1 saturated carbocycles. The molecule has 2 heteroatoms. The Balaban J connectivity index is 1.70. The maximum Gasteiger partial charge on any atom is 0.190 e. The van der Waals surface area contributed by atoms with Crippen LogP contribution >= 0.6 is 0 Å². The lowest BCUT2D eigenvalue weighted by Gasteiger charge is -2.13. The normalized spacial score (nSPS) is 31.2. The summed E-state index contributed by atoms with van der Waals surface area (Å²) in [6.45, 7) is 0. The molecule has 3 rings (SSSR count). The van der Waals surface area contributed by atoms with Gasteiger partial charge in [-0.05, 0) is 30.9 Å². The molecule has 88 valence electrons. The largest absolute Gasteiger partial charge is 0.357 e. The number of hydrogen-bond donors (Lipinski definition) is 0. The molecule has 1 aliphatic carbocycles. The first-order chi connectivity index (χ1) is 8.31. The Morgan fingerprint density at radius 3 is 2.88 bits per heavy atom. The molecule has 0 radical (unpaired) electrons. The number of ketones is 1. The summed E-state index contributed by atoms with van der Waals surface area (Å²) in [7, 11) is 0. The highest BCUT2D eigenvalue weighted by Crippen LogP contribution is 2.48. The third kappa shape index (κ3) is 1.93. The van der Waals surface area contributed by atoms with E-state index in [0.717, 1.165) is 24.8 Å². The molecular weight excluding hydrogens is 212 g/mol. The van der Waals surface area contributed by atoms with E-state index in [1.165, 1.54) is 6.42 Å². The van der Waals surface area contributed by atoms with Gasteiger partial charge in [0.15, 0.2) is 11.4 Å². The van der Waals surface area contributed by atoms with Crippen LogP contribution in [0.1, 0.15) is 31.2 Å². The van der Waals surface area contributed by atoms with Gasteiger partial charge >= 0.3 is 0 Å². The highest BCUT2D eigenvalue weighted by Gasteiger charge is 2.61. The molecule has 2 nitrogen and oxygen atoms in total. The maximum atomic E-state index is 12.1. The molecule has 1 aromatic rings. The number of epoxide rings is 1. The number of fused-ring (bicyclic) bond motifs is 1. The van der Waals surface area contributed by atoms with Gasteiger partial charge in [-0.15, -0.1) is 0 Å². The third-order valence-corrected chi connectivity index (χ3v) is 3.72. The van der Waals surface area contributed by atoms with Crippen LogP contribution in [0.25, 0.3) is 6.08 Å². The first-order valence-corrected chi connectivity index (χ1v) is 6.27. The van der Waals surface area contributed by atoms with Gasteiger partial charge in [0.25, 0.3) is 0 Å². The molecule has 0 N–H and O–H groups in total. The van der Waals surface area contributed by atoms with Gasteiger partial charge in [0, 0.05) is 0 Å². The van der Waals surface area contributed by atoms with Gasteiger partial charge in [0.1, 0.15) is 0 Å². The Hall–Kier alpha value is -1.41. The van der Waals surface area contributed by atoms with Crippen molar-refractivity contribution in [1.82, 2.24) is 0 Å². The highest BCUT2D eigenvalue weighted by atomic mass is 16.6. The van der Waals surface area contributed by atoms with E-state index in [4.69, 9.17) is 4.74 Å². The minimum absolute atomic E-state index is 0.144. The molecule has 1 saturated heterocycles. The van der Waals surface area contributed by atoms with E-state index >= 15 is 0 Å². The first kappa shape index (κ1) is 10.7. The van der Waals surface area contributed by atoms with Gasteiger partial charge in [-0.2, -0.15) is 0 Å². The lowest BCUT2D eigenvalue weighted by atomic mass is 9.86. The van der Waals surface area contributed by atoms with E-state index in [1.54, 1.807) is 6.08 Å². The number of rotatable bonds is 3. The van der Waals surface area contributed by atoms with Gasteiger partial charge in [-0.25, -0.2) is 0 Å². The van der Waals surface area contributed by atoms with Gasteiger partial charge in [0.2, 0.25) is 0 Å². The molecule has 1 aliphatic heterocycles. The van der Waals surface area contributed by atoms with Crippen LogP contribution in [0.15, 0.2) is 36.4 Å². The van der Waals surface area contributed by atoms with Crippen molar-refractivity contribution in [2.75, 3.05) is 0 Å². The fourth-order valence-corrected chi connectivity index (χ4v) is 2.67. The maximum absolute atomic E-state index is 12.1. The summed E-state index contributed by atoms with van der Waals surface area (Å²) in [5, 5.41) is 0. The fourth-order valence-electron chi connectivity index (χ4n) is 2.67. The van der Waals surface area contributed by atoms with Gasteiger partial charge in [-0.1, -0.05) is 42.8 Å². The SMILES string of the molecule is O=C(/C=C/c1ccccc1)C12CCCCC1O2. The van der Waals surface area contributed by atoms with Crippen LogP contribution < -0.4 is 0 Å². The minimum Gasteiger partial charge on any atom is -0.357 e. The predicted molar refractivity (Wildman–Crippen MR) is 66.6 cm³/mol. The van der Waals surface area contributed by atoms with Crippen LogP contribution in [-0.2, 0) is 9.53 Å².